The molecular formula is C17H21S+. The van der Waals surface area contributed by atoms with Gasteiger partial charge in [-0.15, -0.1) is 0 Å². The Morgan fingerprint density at radius 2 is 1.22 bits per heavy atom. The van der Waals surface area contributed by atoms with Crippen molar-refractivity contribution in [1.82, 2.24) is 0 Å². The summed E-state index contributed by atoms with van der Waals surface area (Å²) in [4.78, 5) is 2.92. The number of benzene rings is 2. The van der Waals surface area contributed by atoms with E-state index in [-0.39, 0.29) is 10.9 Å². The zero-order valence-electron chi connectivity index (χ0n) is 11.2. The van der Waals surface area contributed by atoms with Crippen LogP contribution in [0, 0.1) is 5.92 Å². The van der Waals surface area contributed by atoms with Crippen LogP contribution in [0.4, 0.5) is 0 Å². The van der Waals surface area contributed by atoms with Crippen molar-refractivity contribution in [2.75, 3.05) is 5.75 Å². The first-order valence-corrected chi connectivity index (χ1v) is 7.98. The molecule has 0 aliphatic heterocycles. The zero-order valence-corrected chi connectivity index (χ0v) is 12.0. The second-order valence-corrected chi connectivity index (χ2v) is 7.04. The molecule has 94 valence electrons. The lowest BCUT2D eigenvalue weighted by atomic mass is 10.2. The minimum atomic E-state index is 0.228. The summed E-state index contributed by atoms with van der Waals surface area (Å²) in [5, 5.41) is 0. The van der Waals surface area contributed by atoms with Gasteiger partial charge in [-0.05, 0) is 36.6 Å². The van der Waals surface area contributed by atoms with Gasteiger partial charge in [0.15, 0.2) is 9.79 Å². The van der Waals surface area contributed by atoms with Crippen molar-refractivity contribution in [1.29, 1.82) is 0 Å². The van der Waals surface area contributed by atoms with Gasteiger partial charge in [-0.25, -0.2) is 0 Å². The van der Waals surface area contributed by atoms with Gasteiger partial charge < -0.3 is 0 Å². The summed E-state index contributed by atoms with van der Waals surface area (Å²) >= 11 is 0. The van der Waals surface area contributed by atoms with E-state index in [1.165, 1.54) is 22.0 Å². The Kier molecular flexibility index (Phi) is 4.89. The van der Waals surface area contributed by atoms with Gasteiger partial charge in [0, 0.05) is 0 Å². The molecule has 2 aromatic rings. The average Bonchev–Trinajstić information content (AvgIpc) is 2.41. The summed E-state index contributed by atoms with van der Waals surface area (Å²) in [6, 6.07) is 21.8. The monoisotopic (exact) mass is 257 g/mol. The molecule has 0 aliphatic carbocycles. The van der Waals surface area contributed by atoms with Crippen molar-refractivity contribution >= 4 is 10.9 Å². The maximum atomic E-state index is 2.30. The van der Waals surface area contributed by atoms with E-state index in [1.807, 2.05) is 0 Å². The molecule has 0 heterocycles. The van der Waals surface area contributed by atoms with Crippen LogP contribution in [0.15, 0.2) is 70.5 Å². The van der Waals surface area contributed by atoms with Crippen molar-refractivity contribution in [3.63, 3.8) is 0 Å². The Hall–Kier alpha value is -1.21. The Labute approximate surface area is 113 Å². The maximum absolute atomic E-state index is 2.30. The SMILES string of the molecule is CC(C)CC[S+](c1ccccc1)c1ccccc1. The number of hydrogen-bond donors (Lipinski definition) is 0. The first-order chi connectivity index (χ1) is 8.77. The van der Waals surface area contributed by atoms with E-state index in [4.69, 9.17) is 0 Å². The van der Waals surface area contributed by atoms with Gasteiger partial charge in [0.1, 0.15) is 5.75 Å². The molecule has 0 nitrogen and oxygen atoms in total. The molecule has 0 aromatic heterocycles. The maximum Gasteiger partial charge on any atom is 0.160 e. The molecular weight excluding hydrogens is 236 g/mol. The highest BCUT2D eigenvalue weighted by atomic mass is 32.2. The van der Waals surface area contributed by atoms with E-state index in [9.17, 15) is 0 Å². The fraction of sp³-hybridized carbons (Fsp3) is 0.294. The van der Waals surface area contributed by atoms with Crippen molar-refractivity contribution in [3.8, 4) is 0 Å². The smallest absolute Gasteiger partial charge is 0.0626 e. The van der Waals surface area contributed by atoms with E-state index < -0.39 is 0 Å². The summed E-state index contributed by atoms with van der Waals surface area (Å²) in [7, 11) is 0.228. The normalized spacial score (nSPS) is 11.1. The average molecular weight is 257 g/mol. The van der Waals surface area contributed by atoms with Crippen LogP contribution in [0.3, 0.4) is 0 Å². The van der Waals surface area contributed by atoms with Gasteiger partial charge in [0.2, 0.25) is 0 Å². The third kappa shape index (κ3) is 3.64. The molecule has 2 aromatic carbocycles. The highest BCUT2D eigenvalue weighted by molar-refractivity contribution is 7.97. The summed E-state index contributed by atoms with van der Waals surface area (Å²) < 4.78 is 0. The summed E-state index contributed by atoms with van der Waals surface area (Å²) in [5.41, 5.74) is 0. The molecule has 0 saturated carbocycles. The lowest BCUT2D eigenvalue weighted by Crippen LogP contribution is -2.10. The van der Waals surface area contributed by atoms with Gasteiger partial charge in [0.25, 0.3) is 0 Å². The highest BCUT2D eigenvalue weighted by Crippen LogP contribution is 2.25. The van der Waals surface area contributed by atoms with Crippen LogP contribution in [0.5, 0.6) is 0 Å². The topological polar surface area (TPSA) is 0 Å². The molecule has 0 unspecified atom stereocenters. The Morgan fingerprint density at radius 1 is 0.778 bits per heavy atom. The lowest BCUT2D eigenvalue weighted by Gasteiger charge is -2.09. The molecule has 0 N–H and O–H groups in total. The van der Waals surface area contributed by atoms with Crippen molar-refractivity contribution < 1.29 is 0 Å². The van der Waals surface area contributed by atoms with Crippen LogP contribution in [0.25, 0.3) is 0 Å². The van der Waals surface area contributed by atoms with Gasteiger partial charge >= 0.3 is 0 Å². The Bertz CT molecular complexity index is 408. The molecule has 0 spiro atoms. The fourth-order valence-corrected chi connectivity index (χ4v) is 4.32. The zero-order chi connectivity index (χ0) is 12.8. The third-order valence-electron chi connectivity index (χ3n) is 2.95. The van der Waals surface area contributed by atoms with Crippen molar-refractivity contribution in [2.24, 2.45) is 5.92 Å². The van der Waals surface area contributed by atoms with Crippen LogP contribution >= 0.6 is 0 Å². The first-order valence-electron chi connectivity index (χ1n) is 6.58. The Morgan fingerprint density at radius 3 is 1.61 bits per heavy atom. The van der Waals surface area contributed by atoms with Crippen molar-refractivity contribution in [2.45, 2.75) is 30.1 Å². The predicted octanol–water partition coefficient (Wildman–Crippen LogP) is 4.77. The summed E-state index contributed by atoms with van der Waals surface area (Å²) in [5.74, 6) is 2.03. The predicted molar refractivity (Wildman–Crippen MR) is 81.1 cm³/mol. The molecule has 2 rings (SSSR count). The van der Waals surface area contributed by atoms with Gasteiger partial charge in [-0.2, -0.15) is 0 Å². The van der Waals surface area contributed by atoms with E-state index >= 15 is 0 Å². The third-order valence-corrected chi connectivity index (χ3v) is 5.28. The summed E-state index contributed by atoms with van der Waals surface area (Å²) in [6.07, 6.45) is 1.28. The molecule has 0 saturated heterocycles. The molecule has 0 atom stereocenters. The molecule has 18 heavy (non-hydrogen) atoms. The van der Waals surface area contributed by atoms with Gasteiger partial charge in [-0.1, -0.05) is 50.2 Å². The number of rotatable bonds is 5. The van der Waals surface area contributed by atoms with E-state index in [0.717, 1.165) is 5.92 Å². The van der Waals surface area contributed by atoms with Crippen molar-refractivity contribution in [3.05, 3.63) is 60.7 Å². The molecule has 1 heteroatoms. The minimum absolute atomic E-state index is 0.228. The molecule has 0 bridgehead atoms. The van der Waals surface area contributed by atoms with Crippen LogP contribution in [0.2, 0.25) is 0 Å². The van der Waals surface area contributed by atoms with Gasteiger partial charge in [0.05, 0.1) is 10.9 Å². The van der Waals surface area contributed by atoms with E-state index in [0.29, 0.717) is 0 Å². The van der Waals surface area contributed by atoms with Crippen LogP contribution in [-0.4, -0.2) is 5.75 Å². The second kappa shape index (κ2) is 6.65. The second-order valence-electron chi connectivity index (χ2n) is 4.90. The molecule has 0 aliphatic rings. The standard InChI is InChI=1S/C17H21S/c1-15(2)13-14-18(16-9-5-3-6-10-16)17-11-7-4-8-12-17/h3-12,15H,13-14H2,1-2H3/q+1. The Balaban J connectivity index is 2.24. The first kappa shape index (κ1) is 13.2. The quantitative estimate of drug-likeness (QED) is 0.677. The summed E-state index contributed by atoms with van der Waals surface area (Å²) in [6.45, 7) is 4.61. The van der Waals surface area contributed by atoms with Crippen LogP contribution < -0.4 is 0 Å². The largest absolute Gasteiger partial charge is 0.160 e. The van der Waals surface area contributed by atoms with Crippen LogP contribution in [0.1, 0.15) is 20.3 Å². The highest BCUT2D eigenvalue weighted by Gasteiger charge is 2.24. The van der Waals surface area contributed by atoms with Crippen LogP contribution in [-0.2, 0) is 10.9 Å². The fourth-order valence-electron chi connectivity index (χ4n) is 1.89. The van der Waals surface area contributed by atoms with E-state index in [1.54, 1.807) is 0 Å². The van der Waals surface area contributed by atoms with Gasteiger partial charge in [-0.3, -0.25) is 0 Å². The van der Waals surface area contributed by atoms with E-state index in [2.05, 4.69) is 74.5 Å². The lowest BCUT2D eigenvalue weighted by molar-refractivity contribution is 0.630. The number of hydrogen-bond acceptors (Lipinski definition) is 0. The molecule has 0 fully saturated rings. The molecule has 0 radical (unpaired) electrons. The minimum Gasteiger partial charge on any atom is -0.0626 e. The molecule has 0 amide bonds.